The van der Waals surface area contributed by atoms with Crippen LogP contribution in [0.15, 0.2) is 24.4 Å². The standard InChI is InChI=1S/C25H39N5O.2C2H6/c1-24(2)7-8-25(3,4)21-17-19(5-6-20(21)24)22-18-27-23(28-22)30-14-12-29(13-15-30)11-9-26-10-16-31;2*1-2/h5-6,17-18,26,31H,7-16H2,1-4H3,(H,27,28);2*1-2H3. The summed E-state index contributed by atoms with van der Waals surface area (Å²) in [5.74, 6) is 0.977. The molecular formula is C29H51N5O. The summed E-state index contributed by atoms with van der Waals surface area (Å²) in [6.07, 6.45) is 4.46. The number of aromatic nitrogens is 2. The molecule has 2 aromatic rings. The molecule has 35 heavy (non-hydrogen) atoms. The van der Waals surface area contributed by atoms with Gasteiger partial charge in [-0.15, -0.1) is 0 Å². The summed E-state index contributed by atoms with van der Waals surface area (Å²) in [5.41, 5.74) is 5.78. The van der Waals surface area contributed by atoms with Gasteiger partial charge in [0.15, 0.2) is 0 Å². The number of piperazine rings is 1. The molecule has 0 atom stereocenters. The Hall–Kier alpha value is -1.89. The molecule has 6 nitrogen and oxygen atoms in total. The van der Waals surface area contributed by atoms with E-state index in [1.54, 1.807) is 0 Å². The van der Waals surface area contributed by atoms with Gasteiger partial charge < -0.3 is 20.3 Å². The van der Waals surface area contributed by atoms with Gasteiger partial charge in [-0.3, -0.25) is 4.90 Å². The Bertz CT molecular complexity index is 881. The highest BCUT2D eigenvalue weighted by atomic mass is 16.3. The summed E-state index contributed by atoms with van der Waals surface area (Å²) in [6.45, 7) is 24.4. The van der Waals surface area contributed by atoms with E-state index in [4.69, 9.17) is 10.1 Å². The third-order valence-electron chi connectivity index (χ3n) is 7.29. The first-order valence-corrected chi connectivity index (χ1v) is 13.8. The van der Waals surface area contributed by atoms with Crippen LogP contribution in [0.5, 0.6) is 0 Å². The van der Waals surface area contributed by atoms with E-state index < -0.39 is 0 Å². The molecule has 3 N–H and O–H groups in total. The fourth-order valence-electron chi connectivity index (χ4n) is 5.00. The van der Waals surface area contributed by atoms with Crippen molar-refractivity contribution in [3.63, 3.8) is 0 Å². The number of fused-ring (bicyclic) bond motifs is 1. The Kier molecular flexibility index (Phi) is 11.3. The number of aliphatic hydroxyl groups excluding tert-OH is 1. The summed E-state index contributed by atoms with van der Waals surface area (Å²) < 4.78 is 0. The molecule has 198 valence electrons. The maximum Gasteiger partial charge on any atom is 0.203 e. The molecule has 1 aromatic carbocycles. The van der Waals surface area contributed by atoms with E-state index in [0.717, 1.165) is 50.9 Å². The van der Waals surface area contributed by atoms with E-state index in [0.29, 0.717) is 6.54 Å². The number of hydrogen-bond donors (Lipinski definition) is 3. The van der Waals surface area contributed by atoms with Crippen molar-refractivity contribution in [1.29, 1.82) is 0 Å². The van der Waals surface area contributed by atoms with E-state index >= 15 is 0 Å². The minimum atomic E-state index is 0.202. The van der Waals surface area contributed by atoms with Crippen molar-refractivity contribution in [2.45, 2.75) is 79.1 Å². The molecule has 0 spiro atoms. The van der Waals surface area contributed by atoms with Crippen molar-refractivity contribution in [1.82, 2.24) is 20.2 Å². The van der Waals surface area contributed by atoms with Gasteiger partial charge in [0, 0.05) is 45.8 Å². The number of nitrogens with one attached hydrogen (secondary N) is 2. The molecule has 0 unspecified atom stereocenters. The highest BCUT2D eigenvalue weighted by molar-refractivity contribution is 5.64. The molecular weight excluding hydrogens is 434 g/mol. The lowest BCUT2D eigenvalue weighted by molar-refractivity contribution is 0.248. The van der Waals surface area contributed by atoms with Gasteiger partial charge in [0.25, 0.3) is 0 Å². The molecule has 1 fully saturated rings. The molecule has 0 saturated carbocycles. The van der Waals surface area contributed by atoms with Crippen LogP contribution in [0, 0.1) is 0 Å². The van der Waals surface area contributed by atoms with Gasteiger partial charge in [-0.2, -0.15) is 0 Å². The summed E-state index contributed by atoms with van der Waals surface area (Å²) in [4.78, 5) is 13.1. The van der Waals surface area contributed by atoms with Gasteiger partial charge in [0.2, 0.25) is 5.95 Å². The number of rotatable bonds is 7. The average Bonchev–Trinajstić information content (AvgIpc) is 3.38. The monoisotopic (exact) mass is 485 g/mol. The molecule has 2 aliphatic rings. The largest absolute Gasteiger partial charge is 0.395 e. The van der Waals surface area contributed by atoms with E-state index in [1.165, 1.54) is 29.5 Å². The zero-order chi connectivity index (χ0) is 26.1. The number of anilines is 1. The number of imidazole rings is 1. The second kappa shape index (κ2) is 13.4. The molecule has 2 heterocycles. The molecule has 1 aromatic heterocycles. The smallest absolute Gasteiger partial charge is 0.203 e. The number of aliphatic hydroxyl groups is 1. The van der Waals surface area contributed by atoms with Crippen LogP contribution in [0.3, 0.4) is 0 Å². The molecule has 1 aliphatic heterocycles. The lowest BCUT2D eigenvalue weighted by Crippen LogP contribution is -2.48. The maximum absolute atomic E-state index is 8.86. The van der Waals surface area contributed by atoms with Gasteiger partial charge in [-0.25, -0.2) is 4.98 Å². The minimum absolute atomic E-state index is 0.202. The number of benzene rings is 1. The Labute approximate surface area is 214 Å². The lowest BCUT2D eigenvalue weighted by atomic mass is 9.63. The first-order chi connectivity index (χ1) is 16.8. The average molecular weight is 486 g/mol. The van der Waals surface area contributed by atoms with Crippen LogP contribution in [-0.2, 0) is 10.8 Å². The number of nitrogens with zero attached hydrogens (tertiary/aromatic N) is 3. The van der Waals surface area contributed by atoms with Gasteiger partial charge >= 0.3 is 0 Å². The summed E-state index contributed by atoms with van der Waals surface area (Å²) in [7, 11) is 0. The zero-order valence-corrected chi connectivity index (χ0v) is 23.7. The lowest BCUT2D eigenvalue weighted by Gasteiger charge is -2.42. The third kappa shape index (κ3) is 7.31. The predicted molar refractivity (Wildman–Crippen MR) is 151 cm³/mol. The fraction of sp³-hybridized carbons (Fsp3) is 0.690. The second-order valence-electron chi connectivity index (χ2n) is 10.5. The minimum Gasteiger partial charge on any atom is -0.395 e. The molecule has 6 heteroatoms. The van der Waals surface area contributed by atoms with Crippen LogP contribution in [0.25, 0.3) is 11.3 Å². The van der Waals surface area contributed by atoms with Crippen molar-refractivity contribution in [2.24, 2.45) is 0 Å². The molecule has 1 saturated heterocycles. The summed E-state index contributed by atoms with van der Waals surface area (Å²) >= 11 is 0. The quantitative estimate of drug-likeness (QED) is 0.472. The molecule has 0 amide bonds. The van der Waals surface area contributed by atoms with Crippen molar-refractivity contribution in [3.05, 3.63) is 35.5 Å². The van der Waals surface area contributed by atoms with Crippen LogP contribution >= 0.6 is 0 Å². The highest BCUT2D eigenvalue weighted by Crippen LogP contribution is 2.46. The summed E-state index contributed by atoms with van der Waals surface area (Å²) in [6, 6.07) is 7.00. The van der Waals surface area contributed by atoms with Gasteiger partial charge in [0.05, 0.1) is 18.5 Å². The first-order valence-electron chi connectivity index (χ1n) is 13.8. The Morgan fingerprint density at radius 3 is 2.17 bits per heavy atom. The van der Waals surface area contributed by atoms with Gasteiger partial charge in [0.1, 0.15) is 0 Å². The Morgan fingerprint density at radius 1 is 0.914 bits per heavy atom. The predicted octanol–water partition coefficient (Wildman–Crippen LogP) is 5.18. The zero-order valence-electron chi connectivity index (χ0n) is 23.7. The second-order valence-corrected chi connectivity index (χ2v) is 10.5. The maximum atomic E-state index is 8.86. The first kappa shape index (κ1) is 29.3. The van der Waals surface area contributed by atoms with Crippen molar-refractivity contribution < 1.29 is 5.11 Å². The topological polar surface area (TPSA) is 67.4 Å². The van der Waals surface area contributed by atoms with Crippen LogP contribution in [0.4, 0.5) is 5.95 Å². The van der Waals surface area contributed by atoms with Crippen LogP contribution in [0.1, 0.15) is 79.4 Å². The van der Waals surface area contributed by atoms with Gasteiger partial charge in [-0.1, -0.05) is 67.5 Å². The SMILES string of the molecule is CC.CC.CC1(C)CCC(C)(C)c2cc(-c3cnc(N4CCN(CCNCCO)CC4)[nH]3)ccc21. The highest BCUT2D eigenvalue weighted by Gasteiger charge is 2.37. The summed E-state index contributed by atoms with van der Waals surface area (Å²) in [5, 5.41) is 12.1. The molecule has 0 bridgehead atoms. The normalized spacial score (nSPS) is 18.6. The van der Waals surface area contributed by atoms with Crippen molar-refractivity contribution in [3.8, 4) is 11.3 Å². The van der Waals surface area contributed by atoms with E-state index in [1.807, 2.05) is 33.9 Å². The van der Waals surface area contributed by atoms with Crippen LogP contribution < -0.4 is 10.2 Å². The molecule has 1 aliphatic carbocycles. The molecule has 0 radical (unpaired) electrons. The fourth-order valence-corrected chi connectivity index (χ4v) is 5.00. The van der Waals surface area contributed by atoms with E-state index in [9.17, 15) is 0 Å². The Balaban J connectivity index is 0.00000103. The number of H-pyrrole nitrogens is 1. The third-order valence-corrected chi connectivity index (χ3v) is 7.29. The number of aromatic amines is 1. The number of hydrogen-bond acceptors (Lipinski definition) is 5. The molecule has 4 rings (SSSR count). The Morgan fingerprint density at radius 2 is 1.54 bits per heavy atom. The van der Waals surface area contributed by atoms with Gasteiger partial charge in [-0.05, 0) is 46.4 Å². The van der Waals surface area contributed by atoms with Crippen molar-refractivity contribution >= 4 is 5.95 Å². The van der Waals surface area contributed by atoms with Crippen LogP contribution in [-0.4, -0.2) is 72.4 Å². The van der Waals surface area contributed by atoms with E-state index in [-0.39, 0.29) is 17.4 Å². The van der Waals surface area contributed by atoms with E-state index in [2.05, 4.69) is 66.0 Å². The van der Waals surface area contributed by atoms with Crippen molar-refractivity contribution in [2.75, 3.05) is 57.3 Å². The van der Waals surface area contributed by atoms with Crippen LogP contribution in [0.2, 0.25) is 0 Å².